The zero-order valence-electron chi connectivity index (χ0n) is 13.6. The summed E-state index contributed by atoms with van der Waals surface area (Å²) in [7, 11) is 3.75. The van der Waals surface area contributed by atoms with E-state index >= 15 is 0 Å². The van der Waals surface area contributed by atoms with E-state index in [0.717, 1.165) is 38.3 Å². The van der Waals surface area contributed by atoms with Gasteiger partial charge in [-0.3, -0.25) is 9.67 Å². The van der Waals surface area contributed by atoms with E-state index in [9.17, 15) is 0 Å². The second kappa shape index (κ2) is 8.58. The Morgan fingerprint density at radius 1 is 1.32 bits per heavy atom. The maximum absolute atomic E-state index is 4.26. The molecule has 0 amide bonds. The average Bonchev–Trinajstić information content (AvgIpc) is 3.15. The van der Waals surface area contributed by atoms with Crippen molar-refractivity contribution in [1.82, 2.24) is 20.4 Å². The maximum Gasteiger partial charge on any atom is 0.191 e. The molecule has 120 valence electrons. The summed E-state index contributed by atoms with van der Waals surface area (Å²) in [5, 5.41) is 10.9. The van der Waals surface area contributed by atoms with E-state index in [1.165, 1.54) is 15.3 Å². The Morgan fingerprint density at radius 2 is 2.14 bits per heavy atom. The molecular weight excluding hydrogens is 294 g/mol. The molecule has 2 aromatic heterocycles. The molecule has 0 spiro atoms. The molecule has 0 atom stereocenters. The summed E-state index contributed by atoms with van der Waals surface area (Å²) in [6.45, 7) is 3.91. The third kappa shape index (κ3) is 5.18. The number of guanidine groups is 1. The number of nitrogens with zero attached hydrogens (tertiary/aromatic N) is 3. The Bertz CT molecular complexity index is 599. The summed E-state index contributed by atoms with van der Waals surface area (Å²) in [4.78, 5) is 7.03. The van der Waals surface area contributed by atoms with Crippen molar-refractivity contribution < 1.29 is 0 Å². The van der Waals surface area contributed by atoms with E-state index in [1.54, 1.807) is 0 Å². The number of aliphatic imine (C=N–C) groups is 1. The lowest BCUT2D eigenvalue weighted by atomic mass is 10.2. The number of nitrogens with one attached hydrogen (secondary N) is 2. The van der Waals surface area contributed by atoms with Gasteiger partial charge in [0.1, 0.15) is 0 Å². The van der Waals surface area contributed by atoms with Gasteiger partial charge in [-0.25, -0.2) is 0 Å². The first-order valence-electron chi connectivity index (χ1n) is 7.71. The van der Waals surface area contributed by atoms with Crippen LogP contribution < -0.4 is 10.6 Å². The number of aromatic nitrogens is 2. The van der Waals surface area contributed by atoms with Crippen molar-refractivity contribution in [2.45, 2.75) is 32.7 Å². The molecule has 0 aromatic carbocycles. The zero-order valence-corrected chi connectivity index (χ0v) is 14.4. The van der Waals surface area contributed by atoms with E-state index in [-0.39, 0.29) is 0 Å². The van der Waals surface area contributed by atoms with Crippen molar-refractivity contribution >= 4 is 17.3 Å². The van der Waals surface area contributed by atoms with Crippen LogP contribution in [0.4, 0.5) is 0 Å². The van der Waals surface area contributed by atoms with E-state index < -0.39 is 0 Å². The van der Waals surface area contributed by atoms with Crippen molar-refractivity contribution in [3.63, 3.8) is 0 Å². The fourth-order valence-electron chi connectivity index (χ4n) is 2.20. The van der Waals surface area contributed by atoms with Gasteiger partial charge in [0.25, 0.3) is 0 Å². The second-order valence-corrected chi connectivity index (χ2v) is 6.45. The first-order chi connectivity index (χ1) is 10.7. The molecule has 0 fully saturated rings. The molecule has 0 saturated carbocycles. The molecule has 0 aliphatic carbocycles. The van der Waals surface area contributed by atoms with Crippen LogP contribution in [-0.2, 0) is 26.4 Å². The van der Waals surface area contributed by atoms with Gasteiger partial charge in [0.05, 0.1) is 12.7 Å². The Labute approximate surface area is 136 Å². The lowest BCUT2D eigenvalue weighted by Gasteiger charge is -2.10. The van der Waals surface area contributed by atoms with Crippen molar-refractivity contribution in [3.05, 3.63) is 39.8 Å². The normalized spacial score (nSPS) is 11.7. The maximum atomic E-state index is 4.26. The molecule has 0 aliphatic heterocycles. The molecule has 0 radical (unpaired) electrons. The fraction of sp³-hybridized carbons (Fsp3) is 0.500. The predicted molar refractivity (Wildman–Crippen MR) is 93.4 cm³/mol. The summed E-state index contributed by atoms with van der Waals surface area (Å²) in [6.07, 6.45) is 7.18. The standard InChI is InChI=1S/C16H25N5S/c1-4-14-7-8-15(22-14)11-19-16(17-2)18-9-5-6-13-10-20-21(3)12-13/h7-8,10,12H,4-6,9,11H2,1-3H3,(H2,17,18,19). The van der Waals surface area contributed by atoms with Crippen molar-refractivity contribution in [2.24, 2.45) is 12.0 Å². The van der Waals surface area contributed by atoms with Gasteiger partial charge in [-0.15, -0.1) is 11.3 Å². The molecule has 0 unspecified atom stereocenters. The Morgan fingerprint density at radius 3 is 2.77 bits per heavy atom. The minimum absolute atomic E-state index is 0.826. The van der Waals surface area contributed by atoms with Crippen LogP contribution in [0.5, 0.6) is 0 Å². The highest BCUT2D eigenvalue weighted by Crippen LogP contribution is 2.16. The number of rotatable bonds is 7. The molecular formula is C16H25N5S. The predicted octanol–water partition coefficient (Wildman–Crippen LogP) is 2.34. The van der Waals surface area contributed by atoms with Crippen LogP contribution in [0.15, 0.2) is 29.5 Å². The minimum atomic E-state index is 0.826. The molecule has 0 bridgehead atoms. The highest BCUT2D eigenvalue weighted by atomic mass is 32.1. The molecule has 2 heterocycles. The number of hydrogen-bond acceptors (Lipinski definition) is 3. The van der Waals surface area contributed by atoms with Gasteiger partial charge in [-0.05, 0) is 37.0 Å². The Hall–Kier alpha value is -1.82. The third-order valence-corrected chi connectivity index (χ3v) is 4.64. The van der Waals surface area contributed by atoms with Crippen molar-refractivity contribution in [1.29, 1.82) is 0 Å². The SMILES string of the molecule is CCc1ccc(CNC(=NC)NCCCc2cnn(C)c2)s1. The van der Waals surface area contributed by atoms with Crippen LogP contribution in [0, 0.1) is 0 Å². The highest BCUT2D eigenvalue weighted by Gasteiger charge is 2.01. The van der Waals surface area contributed by atoms with Crippen LogP contribution >= 0.6 is 11.3 Å². The summed E-state index contributed by atoms with van der Waals surface area (Å²) in [6, 6.07) is 4.39. The molecule has 0 aliphatic rings. The molecule has 6 heteroatoms. The average molecular weight is 319 g/mol. The minimum Gasteiger partial charge on any atom is -0.356 e. The molecule has 2 rings (SSSR count). The van der Waals surface area contributed by atoms with E-state index in [2.05, 4.69) is 46.0 Å². The van der Waals surface area contributed by atoms with Gasteiger partial charge >= 0.3 is 0 Å². The first-order valence-corrected chi connectivity index (χ1v) is 8.52. The van der Waals surface area contributed by atoms with E-state index in [0.29, 0.717) is 0 Å². The van der Waals surface area contributed by atoms with Gasteiger partial charge in [0, 0.05) is 36.6 Å². The summed E-state index contributed by atoms with van der Waals surface area (Å²) >= 11 is 1.86. The van der Waals surface area contributed by atoms with Gasteiger partial charge in [0.2, 0.25) is 0 Å². The van der Waals surface area contributed by atoms with Gasteiger partial charge in [-0.1, -0.05) is 6.92 Å². The quantitative estimate of drug-likeness (QED) is 0.468. The van der Waals surface area contributed by atoms with Gasteiger partial charge < -0.3 is 10.6 Å². The summed E-state index contributed by atoms with van der Waals surface area (Å²) in [5.74, 6) is 0.859. The van der Waals surface area contributed by atoms with Crippen LogP contribution in [0.1, 0.15) is 28.7 Å². The summed E-state index contributed by atoms with van der Waals surface area (Å²) < 4.78 is 1.84. The van der Waals surface area contributed by atoms with Gasteiger partial charge in [-0.2, -0.15) is 5.10 Å². The Kier molecular flexibility index (Phi) is 6.45. The zero-order chi connectivity index (χ0) is 15.8. The number of thiophene rings is 1. The summed E-state index contributed by atoms with van der Waals surface area (Å²) in [5.41, 5.74) is 1.28. The third-order valence-electron chi connectivity index (χ3n) is 3.41. The topological polar surface area (TPSA) is 54.2 Å². The molecule has 2 aromatic rings. The number of aryl methyl sites for hydroxylation is 3. The second-order valence-electron chi connectivity index (χ2n) is 5.20. The molecule has 5 nitrogen and oxygen atoms in total. The van der Waals surface area contributed by atoms with Crippen LogP contribution in [-0.4, -0.2) is 29.3 Å². The van der Waals surface area contributed by atoms with E-state index in [4.69, 9.17) is 0 Å². The monoisotopic (exact) mass is 319 g/mol. The molecule has 0 saturated heterocycles. The van der Waals surface area contributed by atoms with Crippen LogP contribution in [0.25, 0.3) is 0 Å². The smallest absolute Gasteiger partial charge is 0.191 e. The van der Waals surface area contributed by atoms with Crippen molar-refractivity contribution in [3.8, 4) is 0 Å². The lowest BCUT2D eigenvalue weighted by molar-refractivity contribution is 0.741. The largest absolute Gasteiger partial charge is 0.356 e. The van der Waals surface area contributed by atoms with Gasteiger partial charge in [0.15, 0.2) is 5.96 Å². The first kappa shape index (κ1) is 16.5. The lowest BCUT2D eigenvalue weighted by Crippen LogP contribution is -2.37. The molecule has 22 heavy (non-hydrogen) atoms. The highest BCUT2D eigenvalue weighted by molar-refractivity contribution is 7.11. The van der Waals surface area contributed by atoms with Crippen molar-refractivity contribution in [2.75, 3.05) is 13.6 Å². The van der Waals surface area contributed by atoms with Crippen LogP contribution in [0.2, 0.25) is 0 Å². The fourth-order valence-corrected chi connectivity index (χ4v) is 3.10. The van der Waals surface area contributed by atoms with E-state index in [1.807, 2.05) is 36.3 Å². The van der Waals surface area contributed by atoms with Crippen LogP contribution in [0.3, 0.4) is 0 Å². The Balaban J connectivity index is 1.66. The molecule has 2 N–H and O–H groups in total. The number of hydrogen-bond donors (Lipinski definition) is 2.